The number of carbonyl (C=O) groups is 1. The van der Waals surface area contributed by atoms with Crippen molar-refractivity contribution in [3.63, 3.8) is 0 Å². The lowest BCUT2D eigenvalue weighted by Crippen LogP contribution is -2.34. The summed E-state index contributed by atoms with van der Waals surface area (Å²) >= 11 is 0. The second kappa shape index (κ2) is 7.40. The Labute approximate surface area is 154 Å². The molecule has 1 atom stereocenters. The highest BCUT2D eigenvalue weighted by atomic mass is 16.2. The maximum Gasteiger partial charge on any atom is 0.255 e. The van der Waals surface area contributed by atoms with Crippen LogP contribution in [0.4, 0.5) is 0 Å². The lowest BCUT2D eigenvalue weighted by atomic mass is 10.1. The first-order valence-electron chi connectivity index (χ1n) is 8.66. The molecule has 3 aromatic heterocycles. The number of aromatic nitrogens is 6. The van der Waals surface area contributed by atoms with Crippen LogP contribution in [-0.4, -0.2) is 35.4 Å². The van der Waals surface area contributed by atoms with E-state index in [1.165, 1.54) is 31.1 Å². The molecule has 0 saturated heterocycles. The average Bonchev–Trinajstić information content (AvgIpc) is 2.92. The van der Waals surface area contributed by atoms with Crippen LogP contribution in [0.5, 0.6) is 0 Å². The predicted molar refractivity (Wildman–Crippen MR) is 95.6 cm³/mol. The fourth-order valence-electron chi connectivity index (χ4n) is 3.13. The van der Waals surface area contributed by atoms with E-state index in [0.29, 0.717) is 35.7 Å². The van der Waals surface area contributed by atoms with Gasteiger partial charge in [-0.3, -0.25) is 14.2 Å². The van der Waals surface area contributed by atoms with Gasteiger partial charge >= 0.3 is 0 Å². The van der Waals surface area contributed by atoms with E-state index >= 15 is 0 Å². The Bertz CT molecular complexity index is 1010. The summed E-state index contributed by atoms with van der Waals surface area (Å²) in [5.41, 5.74) is 1.24. The van der Waals surface area contributed by atoms with Gasteiger partial charge in [-0.25, -0.2) is 24.9 Å². The third kappa shape index (κ3) is 3.57. The highest BCUT2D eigenvalue weighted by Crippen LogP contribution is 2.24. The first-order chi connectivity index (χ1) is 13.2. The lowest BCUT2D eigenvalue weighted by molar-refractivity contribution is 0.0931. The van der Waals surface area contributed by atoms with E-state index in [2.05, 4.69) is 30.2 Å². The highest BCUT2D eigenvalue weighted by molar-refractivity contribution is 5.93. The molecule has 4 heterocycles. The van der Waals surface area contributed by atoms with Gasteiger partial charge in [0.2, 0.25) is 0 Å². The van der Waals surface area contributed by atoms with E-state index in [9.17, 15) is 9.59 Å². The van der Waals surface area contributed by atoms with E-state index in [1.54, 1.807) is 16.8 Å². The first-order valence-corrected chi connectivity index (χ1v) is 8.66. The van der Waals surface area contributed by atoms with Gasteiger partial charge in [-0.2, -0.15) is 0 Å². The minimum absolute atomic E-state index is 0.155. The molecule has 9 heteroatoms. The van der Waals surface area contributed by atoms with Gasteiger partial charge in [0.05, 0.1) is 23.0 Å². The van der Waals surface area contributed by atoms with Gasteiger partial charge in [0.1, 0.15) is 18.5 Å². The molecule has 1 aliphatic rings. The van der Waals surface area contributed by atoms with Crippen LogP contribution in [0.15, 0.2) is 48.2 Å². The van der Waals surface area contributed by atoms with Gasteiger partial charge in [-0.1, -0.05) is 0 Å². The average molecular weight is 363 g/mol. The van der Waals surface area contributed by atoms with E-state index in [1.807, 2.05) is 0 Å². The molecule has 9 nitrogen and oxygen atoms in total. The molecule has 0 fully saturated rings. The molecular formula is C18H17N7O2. The van der Waals surface area contributed by atoms with Crippen LogP contribution in [0.25, 0.3) is 11.4 Å². The fourth-order valence-corrected chi connectivity index (χ4v) is 3.13. The summed E-state index contributed by atoms with van der Waals surface area (Å²) in [5.74, 6) is 0.245. The number of hydrogen-bond donors (Lipinski definition) is 1. The molecule has 0 bridgehead atoms. The molecule has 0 saturated carbocycles. The van der Waals surface area contributed by atoms with Gasteiger partial charge in [0.25, 0.3) is 11.5 Å². The molecule has 1 N–H and O–H groups in total. The number of amides is 1. The van der Waals surface area contributed by atoms with Crippen molar-refractivity contribution in [3.8, 4) is 11.4 Å². The second-order valence-electron chi connectivity index (χ2n) is 6.23. The smallest absolute Gasteiger partial charge is 0.255 e. The number of nitrogens with zero attached hydrogens (tertiary/aromatic N) is 6. The van der Waals surface area contributed by atoms with Crippen molar-refractivity contribution in [3.05, 3.63) is 65.1 Å². The molecule has 0 spiro atoms. The zero-order chi connectivity index (χ0) is 18.6. The summed E-state index contributed by atoms with van der Waals surface area (Å²) in [5, 5.41) is 2.96. The SMILES string of the molecule is O=C(NC1CCCCn2c1nc(-c1ccncn1)cc2=O)c1cncnc1. The van der Waals surface area contributed by atoms with Crippen molar-refractivity contribution in [2.24, 2.45) is 0 Å². The number of fused-ring (bicyclic) bond motifs is 1. The molecule has 1 unspecified atom stereocenters. The summed E-state index contributed by atoms with van der Waals surface area (Å²) < 4.78 is 1.63. The van der Waals surface area contributed by atoms with E-state index < -0.39 is 0 Å². The topological polar surface area (TPSA) is 116 Å². The van der Waals surface area contributed by atoms with Crippen LogP contribution in [0, 0.1) is 0 Å². The molecule has 27 heavy (non-hydrogen) atoms. The largest absolute Gasteiger partial charge is 0.342 e. The molecule has 0 radical (unpaired) electrons. The molecule has 136 valence electrons. The number of rotatable bonds is 3. The normalized spacial score (nSPS) is 16.2. The van der Waals surface area contributed by atoms with E-state index in [4.69, 9.17) is 0 Å². The molecular weight excluding hydrogens is 346 g/mol. The fraction of sp³-hybridized carbons (Fsp3) is 0.278. The van der Waals surface area contributed by atoms with Crippen LogP contribution in [0.2, 0.25) is 0 Å². The van der Waals surface area contributed by atoms with Crippen molar-refractivity contribution in [1.29, 1.82) is 0 Å². The quantitative estimate of drug-likeness (QED) is 0.742. The van der Waals surface area contributed by atoms with Gasteiger partial charge in [-0.05, 0) is 25.3 Å². The van der Waals surface area contributed by atoms with Gasteiger partial charge in [0.15, 0.2) is 0 Å². The first kappa shape index (κ1) is 17.0. The van der Waals surface area contributed by atoms with Crippen molar-refractivity contribution in [2.45, 2.75) is 31.8 Å². The van der Waals surface area contributed by atoms with Crippen LogP contribution in [0.1, 0.15) is 41.5 Å². The second-order valence-corrected chi connectivity index (χ2v) is 6.23. The van der Waals surface area contributed by atoms with Crippen molar-refractivity contribution >= 4 is 5.91 Å². The molecule has 3 aromatic rings. The van der Waals surface area contributed by atoms with Crippen molar-refractivity contribution in [1.82, 2.24) is 34.8 Å². The Morgan fingerprint density at radius 1 is 1.11 bits per heavy atom. The minimum atomic E-state index is -0.380. The van der Waals surface area contributed by atoms with Crippen molar-refractivity contribution in [2.75, 3.05) is 0 Å². The number of nitrogens with one attached hydrogen (secondary N) is 1. The Balaban J connectivity index is 1.72. The number of hydrogen-bond acceptors (Lipinski definition) is 7. The van der Waals surface area contributed by atoms with Gasteiger partial charge in [-0.15, -0.1) is 0 Å². The lowest BCUT2D eigenvalue weighted by Gasteiger charge is -2.19. The van der Waals surface area contributed by atoms with Gasteiger partial charge in [0, 0.05) is 31.2 Å². The third-order valence-corrected chi connectivity index (χ3v) is 4.45. The molecule has 1 aliphatic heterocycles. The van der Waals surface area contributed by atoms with Crippen LogP contribution >= 0.6 is 0 Å². The molecule has 0 aromatic carbocycles. The Hall–Kier alpha value is -3.49. The molecule has 0 aliphatic carbocycles. The Kier molecular flexibility index (Phi) is 4.65. The summed E-state index contributed by atoms with van der Waals surface area (Å²) in [6.07, 6.45) is 9.71. The summed E-state index contributed by atoms with van der Waals surface area (Å²) in [6, 6.07) is 2.79. The maximum absolute atomic E-state index is 12.7. The monoisotopic (exact) mass is 363 g/mol. The minimum Gasteiger partial charge on any atom is -0.342 e. The van der Waals surface area contributed by atoms with Crippen LogP contribution in [-0.2, 0) is 6.54 Å². The zero-order valence-corrected chi connectivity index (χ0v) is 14.4. The third-order valence-electron chi connectivity index (χ3n) is 4.45. The Morgan fingerprint density at radius 2 is 1.96 bits per heavy atom. The zero-order valence-electron chi connectivity index (χ0n) is 14.4. The summed E-state index contributed by atoms with van der Waals surface area (Å²) in [7, 11) is 0. The summed E-state index contributed by atoms with van der Waals surface area (Å²) in [4.78, 5) is 45.7. The molecule has 4 rings (SSSR count). The maximum atomic E-state index is 12.7. The van der Waals surface area contributed by atoms with Crippen LogP contribution < -0.4 is 10.9 Å². The molecule has 1 amide bonds. The predicted octanol–water partition coefficient (Wildman–Crippen LogP) is 1.15. The van der Waals surface area contributed by atoms with Gasteiger partial charge < -0.3 is 5.32 Å². The van der Waals surface area contributed by atoms with E-state index in [-0.39, 0.29) is 17.5 Å². The standard InChI is InChI=1S/C18H17N7O2/c26-16-7-15(13-4-5-19-11-22-13)23-17-14(3-1-2-6-25(16)17)24-18(27)12-8-20-10-21-9-12/h4-5,7-11,14H,1-3,6H2,(H,24,27). The summed E-state index contributed by atoms with van der Waals surface area (Å²) in [6.45, 7) is 0.575. The highest BCUT2D eigenvalue weighted by Gasteiger charge is 2.24. The van der Waals surface area contributed by atoms with E-state index in [0.717, 1.165) is 12.8 Å². The Morgan fingerprint density at radius 3 is 2.74 bits per heavy atom. The number of carbonyl (C=O) groups excluding carboxylic acids is 1. The van der Waals surface area contributed by atoms with Crippen molar-refractivity contribution < 1.29 is 4.79 Å². The van der Waals surface area contributed by atoms with Crippen LogP contribution in [0.3, 0.4) is 0 Å².